The molecule has 1 fully saturated rings. The average molecular weight is 284 g/mol. The molecule has 19 heavy (non-hydrogen) atoms. The molecular formula is C12H20N4O2S. The van der Waals surface area contributed by atoms with Crippen LogP contribution in [0.3, 0.4) is 0 Å². The van der Waals surface area contributed by atoms with Crippen molar-refractivity contribution in [3.63, 3.8) is 0 Å². The van der Waals surface area contributed by atoms with Gasteiger partial charge in [0.25, 0.3) is 0 Å². The summed E-state index contributed by atoms with van der Waals surface area (Å²) in [5.41, 5.74) is 0. The molecule has 1 aliphatic rings. The molecule has 0 bridgehead atoms. The molecule has 0 aliphatic carbocycles. The van der Waals surface area contributed by atoms with Gasteiger partial charge >= 0.3 is 0 Å². The highest BCUT2D eigenvalue weighted by Crippen LogP contribution is 2.15. The second kappa shape index (κ2) is 5.85. The largest absolute Gasteiger partial charge is 0.366 e. The van der Waals surface area contributed by atoms with E-state index >= 15 is 0 Å². The quantitative estimate of drug-likeness (QED) is 0.842. The van der Waals surface area contributed by atoms with Crippen LogP contribution in [0, 0.1) is 0 Å². The molecule has 0 saturated carbocycles. The molecule has 106 valence electrons. The van der Waals surface area contributed by atoms with Crippen LogP contribution in [0.15, 0.2) is 23.2 Å². The summed E-state index contributed by atoms with van der Waals surface area (Å²) in [5.74, 6) is 0.714. The normalized spacial score (nSPS) is 20.5. The van der Waals surface area contributed by atoms with Gasteiger partial charge in [0.15, 0.2) is 0 Å². The van der Waals surface area contributed by atoms with Gasteiger partial charge in [0.1, 0.15) is 10.7 Å². The third-order valence-corrected chi connectivity index (χ3v) is 4.96. The number of nitrogens with zero attached hydrogens (tertiary/aromatic N) is 2. The fourth-order valence-corrected chi connectivity index (χ4v) is 2.86. The van der Waals surface area contributed by atoms with Gasteiger partial charge < -0.3 is 10.6 Å². The molecule has 7 heteroatoms. The van der Waals surface area contributed by atoms with Crippen LogP contribution < -0.4 is 10.6 Å². The van der Waals surface area contributed by atoms with Gasteiger partial charge in [0, 0.05) is 32.9 Å². The minimum Gasteiger partial charge on any atom is -0.366 e. The van der Waals surface area contributed by atoms with E-state index < -0.39 is 10.0 Å². The highest BCUT2D eigenvalue weighted by atomic mass is 32.2. The third kappa shape index (κ3) is 3.43. The Morgan fingerprint density at radius 3 is 2.74 bits per heavy atom. The molecule has 2 N–H and O–H groups in total. The first kappa shape index (κ1) is 14.2. The number of aromatic nitrogens is 1. The van der Waals surface area contributed by atoms with Gasteiger partial charge in [0.05, 0.1) is 0 Å². The van der Waals surface area contributed by atoms with Gasteiger partial charge in [-0.25, -0.2) is 17.7 Å². The minimum absolute atomic E-state index is 0.213. The maximum absolute atomic E-state index is 11.9. The number of sulfonamides is 1. The van der Waals surface area contributed by atoms with Crippen LogP contribution in [-0.2, 0) is 10.0 Å². The summed E-state index contributed by atoms with van der Waals surface area (Å²) in [7, 11) is -0.378. The smallest absolute Gasteiger partial charge is 0.244 e. The molecule has 0 aromatic carbocycles. The zero-order chi connectivity index (χ0) is 13.9. The van der Waals surface area contributed by atoms with Gasteiger partial charge in [-0.2, -0.15) is 0 Å². The lowest BCUT2D eigenvalue weighted by Gasteiger charge is -2.24. The Morgan fingerprint density at radius 2 is 2.21 bits per heavy atom. The molecule has 0 spiro atoms. The second-order valence-electron chi connectivity index (χ2n) is 4.85. The van der Waals surface area contributed by atoms with Crippen LogP contribution in [0.4, 0.5) is 5.82 Å². The molecule has 0 amide bonds. The molecule has 2 rings (SSSR count). The Balaban J connectivity index is 2.06. The molecule has 0 radical (unpaired) electrons. The van der Waals surface area contributed by atoms with Crippen molar-refractivity contribution in [2.45, 2.75) is 23.8 Å². The Kier molecular flexibility index (Phi) is 4.38. The van der Waals surface area contributed by atoms with E-state index in [1.165, 1.54) is 24.6 Å². The summed E-state index contributed by atoms with van der Waals surface area (Å²) < 4.78 is 25.0. The maximum atomic E-state index is 11.9. The van der Waals surface area contributed by atoms with Crippen LogP contribution in [0.2, 0.25) is 0 Å². The molecule has 1 aromatic heterocycles. The number of hydrogen-bond acceptors (Lipinski definition) is 5. The Labute approximate surface area is 114 Å². The van der Waals surface area contributed by atoms with Crippen molar-refractivity contribution < 1.29 is 8.42 Å². The molecular weight excluding hydrogens is 264 g/mol. The standard InChI is InChI=1S/C12H20N4O2S/c1-16(2)19(17,18)11-5-6-12(14-9-11)15-10-4-3-7-13-8-10/h5-6,9-10,13H,3-4,7-8H2,1-2H3,(H,14,15). The Bertz CT molecular complexity index is 507. The molecule has 1 aliphatic heterocycles. The summed E-state index contributed by atoms with van der Waals surface area (Å²) in [4.78, 5) is 4.39. The summed E-state index contributed by atoms with van der Waals surface area (Å²) in [6, 6.07) is 3.66. The van der Waals surface area contributed by atoms with Gasteiger partial charge in [-0.1, -0.05) is 0 Å². The SMILES string of the molecule is CN(C)S(=O)(=O)c1ccc(NC2CCCNC2)nc1. The summed E-state index contributed by atoms with van der Waals surface area (Å²) in [5, 5.41) is 6.62. The molecule has 1 atom stereocenters. The van der Waals surface area contributed by atoms with Crippen molar-refractivity contribution in [1.29, 1.82) is 0 Å². The van der Waals surface area contributed by atoms with Crippen LogP contribution in [0.25, 0.3) is 0 Å². The average Bonchev–Trinajstić information content (AvgIpc) is 2.40. The first-order valence-corrected chi connectivity index (χ1v) is 7.80. The fraction of sp³-hybridized carbons (Fsp3) is 0.583. The predicted octanol–water partition coefficient (Wildman–Crippen LogP) is 0.496. The van der Waals surface area contributed by atoms with E-state index in [-0.39, 0.29) is 4.90 Å². The van der Waals surface area contributed by atoms with E-state index in [0.717, 1.165) is 25.9 Å². The number of hydrogen-bond donors (Lipinski definition) is 2. The molecule has 1 saturated heterocycles. The zero-order valence-corrected chi connectivity index (χ0v) is 12.1. The number of nitrogens with one attached hydrogen (secondary N) is 2. The van der Waals surface area contributed by atoms with Crippen molar-refractivity contribution >= 4 is 15.8 Å². The monoisotopic (exact) mass is 284 g/mol. The number of rotatable bonds is 4. The van der Waals surface area contributed by atoms with Crippen molar-refractivity contribution in [2.75, 3.05) is 32.5 Å². The van der Waals surface area contributed by atoms with Crippen molar-refractivity contribution in [3.8, 4) is 0 Å². The van der Waals surface area contributed by atoms with Crippen molar-refractivity contribution in [1.82, 2.24) is 14.6 Å². The van der Waals surface area contributed by atoms with E-state index in [4.69, 9.17) is 0 Å². The summed E-state index contributed by atoms with van der Waals surface area (Å²) in [6.45, 7) is 1.98. The van der Waals surface area contributed by atoms with E-state index in [2.05, 4.69) is 15.6 Å². The van der Waals surface area contributed by atoms with E-state index in [1.807, 2.05) is 0 Å². The Hall–Kier alpha value is -1.18. The molecule has 6 nitrogen and oxygen atoms in total. The van der Waals surface area contributed by atoms with Crippen LogP contribution in [0.1, 0.15) is 12.8 Å². The summed E-state index contributed by atoms with van der Waals surface area (Å²) in [6.07, 6.45) is 3.64. The van der Waals surface area contributed by atoms with Gasteiger partial charge in [-0.3, -0.25) is 0 Å². The topological polar surface area (TPSA) is 74.3 Å². The zero-order valence-electron chi connectivity index (χ0n) is 11.3. The molecule has 1 aromatic rings. The lowest BCUT2D eigenvalue weighted by Crippen LogP contribution is -2.38. The van der Waals surface area contributed by atoms with Crippen LogP contribution >= 0.6 is 0 Å². The van der Waals surface area contributed by atoms with E-state index in [1.54, 1.807) is 12.1 Å². The summed E-state index contributed by atoms with van der Waals surface area (Å²) >= 11 is 0. The molecule has 1 unspecified atom stereocenters. The third-order valence-electron chi connectivity index (χ3n) is 3.16. The first-order valence-electron chi connectivity index (χ1n) is 6.36. The highest BCUT2D eigenvalue weighted by molar-refractivity contribution is 7.89. The maximum Gasteiger partial charge on any atom is 0.244 e. The fourth-order valence-electron chi connectivity index (χ4n) is 2.01. The van der Waals surface area contributed by atoms with E-state index in [9.17, 15) is 8.42 Å². The van der Waals surface area contributed by atoms with E-state index in [0.29, 0.717) is 11.9 Å². The number of pyridine rings is 1. The lowest BCUT2D eigenvalue weighted by molar-refractivity contribution is 0.479. The van der Waals surface area contributed by atoms with Crippen molar-refractivity contribution in [2.24, 2.45) is 0 Å². The Morgan fingerprint density at radius 1 is 1.42 bits per heavy atom. The van der Waals surface area contributed by atoms with Crippen LogP contribution in [-0.4, -0.2) is 50.9 Å². The van der Waals surface area contributed by atoms with Gasteiger partial charge in [-0.05, 0) is 31.5 Å². The van der Waals surface area contributed by atoms with Gasteiger partial charge in [-0.15, -0.1) is 0 Å². The van der Waals surface area contributed by atoms with Crippen molar-refractivity contribution in [3.05, 3.63) is 18.3 Å². The lowest BCUT2D eigenvalue weighted by atomic mass is 10.1. The van der Waals surface area contributed by atoms with Crippen LogP contribution in [0.5, 0.6) is 0 Å². The first-order chi connectivity index (χ1) is 9.00. The number of piperidine rings is 1. The molecule has 2 heterocycles. The minimum atomic E-state index is -3.40. The second-order valence-corrected chi connectivity index (χ2v) is 7.01. The number of anilines is 1. The highest BCUT2D eigenvalue weighted by Gasteiger charge is 2.18. The van der Waals surface area contributed by atoms with Gasteiger partial charge in [0.2, 0.25) is 10.0 Å². The predicted molar refractivity (Wildman–Crippen MR) is 74.6 cm³/mol.